The number of rotatable bonds is 3. The first-order chi connectivity index (χ1) is 9.66. The number of ether oxygens (including phenoxy) is 1. The third-order valence-corrected chi connectivity index (χ3v) is 3.20. The molecule has 0 aliphatic heterocycles. The third kappa shape index (κ3) is 2.78. The Hall–Kier alpha value is -1.89. The Morgan fingerprint density at radius 3 is 2.10 bits per heavy atom. The molecule has 0 unspecified atom stereocenters. The molecule has 7 heteroatoms. The summed E-state index contributed by atoms with van der Waals surface area (Å²) in [5, 5.41) is 1.15. The summed E-state index contributed by atoms with van der Waals surface area (Å²) in [6.45, 7) is 0. The van der Waals surface area contributed by atoms with Crippen molar-refractivity contribution in [2.24, 2.45) is 5.73 Å². The highest BCUT2D eigenvalue weighted by molar-refractivity contribution is 5.84. The zero-order valence-corrected chi connectivity index (χ0v) is 10.9. The predicted octanol–water partition coefficient (Wildman–Crippen LogP) is 4.05. The molecular weight excluding hydrogens is 293 g/mol. The number of alkyl halides is 5. The Labute approximate surface area is 117 Å². The Morgan fingerprint density at radius 1 is 0.952 bits per heavy atom. The van der Waals surface area contributed by atoms with Crippen LogP contribution in [0, 0.1) is 0 Å². The van der Waals surface area contributed by atoms with E-state index < -0.39 is 18.1 Å². The molecule has 0 fully saturated rings. The molecule has 0 saturated heterocycles. The molecule has 2 aromatic rings. The molecule has 0 heterocycles. The molecule has 0 bridgehead atoms. The van der Waals surface area contributed by atoms with Gasteiger partial charge in [-0.05, 0) is 34.5 Å². The molecule has 1 atom stereocenters. The van der Waals surface area contributed by atoms with Crippen LogP contribution in [0.5, 0.6) is 5.75 Å². The molecule has 114 valence electrons. The van der Waals surface area contributed by atoms with E-state index >= 15 is 0 Å². The summed E-state index contributed by atoms with van der Waals surface area (Å²) in [4.78, 5) is 0. The largest absolute Gasteiger partial charge is 0.497 e. The van der Waals surface area contributed by atoms with E-state index in [0.29, 0.717) is 16.5 Å². The molecule has 2 N–H and O–H groups in total. The highest BCUT2D eigenvalue weighted by Crippen LogP contribution is 2.43. The van der Waals surface area contributed by atoms with Crippen molar-refractivity contribution in [1.82, 2.24) is 0 Å². The second-order valence-corrected chi connectivity index (χ2v) is 4.57. The molecule has 0 aromatic heterocycles. The minimum Gasteiger partial charge on any atom is -0.497 e. The van der Waals surface area contributed by atoms with Gasteiger partial charge in [-0.3, -0.25) is 0 Å². The van der Waals surface area contributed by atoms with E-state index in [0.717, 1.165) is 6.07 Å². The summed E-state index contributed by atoms with van der Waals surface area (Å²) >= 11 is 0. The van der Waals surface area contributed by atoms with Gasteiger partial charge in [0.05, 0.1) is 7.11 Å². The van der Waals surface area contributed by atoms with E-state index in [2.05, 4.69) is 0 Å². The fourth-order valence-corrected chi connectivity index (χ4v) is 1.95. The molecule has 2 aromatic carbocycles. The smallest absolute Gasteiger partial charge is 0.455 e. The Kier molecular flexibility index (Phi) is 3.79. The van der Waals surface area contributed by atoms with Crippen molar-refractivity contribution in [3.05, 3.63) is 42.0 Å². The van der Waals surface area contributed by atoms with E-state index in [1.54, 1.807) is 18.2 Å². The second kappa shape index (κ2) is 5.14. The van der Waals surface area contributed by atoms with Gasteiger partial charge in [-0.1, -0.05) is 18.2 Å². The van der Waals surface area contributed by atoms with Crippen LogP contribution in [0.1, 0.15) is 11.6 Å². The summed E-state index contributed by atoms with van der Waals surface area (Å²) in [6.07, 6.45) is -5.69. The molecule has 0 saturated carbocycles. The number of halogens is 5. The van der Waals surface area contributed by atoms with E-state index in [4.69, 9.17) is 10.5 Å². The van der Waals surface area contributed by atoms with Gasteiger partial charge in [0, 0.05) is 0 Å². The van der Waals surface area contributed by atoms with Crippen LogP contribution in [0.25, 0.3) is 10.8 Å². The van der Waals surface area contributed by atoms with Gasteiger partial charge in [0.15, 0.2) is 0 Å². The van der Waals surface area contributed by atoms with Crippen molar-refractivity contribution in [1.29, 1.82) is 0 Å². The maximum atomic E-state index is 13.3. The van der Waals surface area contributed by atoms with Crippen molar-refractivity contribution in [3.8, 4) is 5.75 Å². The minimum atomic E-state index is -5.69. The first-order valence-electron chi connectivity index (χ1n) is 5.94. The molecule has 0 spiro atoms. The molecule has 0 aliphatic rings. The molecule has 0 amide bonds. The first kappa shape index (κ1) is 15.5. The predicted molar refractivity (Wildman–Crippen MR) is 68.4 cm³/mol. The Morgan fingerprint density at radius 2 is 1.52 bits per heavy atom. The number of fused-ring (bicyclic) bond motifs is 1. The lowest BCUT2D eigenvalue weighted by Crippen LogP contribution is -2.45. The summed E-state index contributed by atoms with van der Waals surface area (Å²) in [5.41, 5.74) is 4.83. The van der Waals surface area contributed by atoms with Crippen molar-refractivity contribution in [3.63, 3.8) is 0 Å². The summed E-state index contributed by atoms with van der Waals surface area (Å²) < 4.78 is 68.5. The number of methoxy groups -OCH3 is 1. The number of hydrogen-bond acceptors (Lipinski definition) is 2. The SMILES string of the molecule is COc1ccc2cc([C@@H](N)C(F)(F)C(F)(F)F)ccc2c1. The van der Waals surface area contributed by atoms with Crippen molar-refractivity contribution in [2.75, 3.05) is 7.11 Å². The summed E-state index contributed by atoms with van der Waals surface area (Å²) in [7, 11) is 1.47. The topological polar surface area (TPSA) is 35.2 Å². The van der Waals surface area contributed by atoms with Gasteiger partial charge >= 0.3 is 12.1 Å². The van der Waals surface area contributed by atoms with Crippen LogP contribution < -0.4 is 10.5 Å². The molecular formula is C14H12F5NO. The van der Waals surface area contributed by atoms with Crippen LogP contribution >= 0.6 is 0 Å². The average molecular weight is 305 g/mol. The van der Waals surface area contributed by atoms with Crippen LogP contribution in [-0.2, 0) is 0 Å². The van der Waals surface area contributed by atoms with Gasteiger partial charge in [-0.2, -0.15) is 22.0 Å². The normalized spacial score (nSPS) is 14.2. The summed E-state index contributed by atoms with van der Waals surface area (Å²) in [5.74, 6) is -4.44. The lowest BCUT2D eigenvalue weighted by Gasteiger charge is -2.26. The highest BCUT2D eigenvalue weighted by Gasteiger charge is 2.61. The number of nitrogens with two attached hydrogens (primary N) is 1. The fraction of sp³-hybridized carbons (Fsp3) is 0.286. The second-order valence-electron chi connectivity index (χ2n) is 4.57. The lowest BCUT2D eigenvalue weighted by molar-refractivity contribution is -0.290. The van der Waals surface area contributed by atoms with Crippen LogP contribution in [-0.4, -0.2) is 19.2 Å². The Balaban J connectivity index is 2.43. The first-order valence-corrected chi connectivity index (χ1v) is 5.94. The molecule has 2 rings (SSSR count). The quantitative estimate of drug-likeness (QED) is 0.868. The van der Waals surface area contributed by atoms with Gasteiger partial charge in [-0.15, -0.1) is 0 Å². The van der Waals surface area contributed by atoms with Crippen molar-refractivity contribution < 1.29 is 26.7 Å². The van der Waals surface area contributed by atoms with E-state index in [1.165, 1.54) is 19.2 Å². The van der Waals surface area contributed by atoms with Crippen molar-refractivity contribution in [2.45, 2.75) is 18.1 Å². The zero-order chi connectivity index (χ0) is 15.8. The molecule has 0 aliphatic carbocycles. The highest BCUT2D eigenvalue weighted by atomic mass is 19.4. The number of hydrogen-bond donors (Lipinski definition) is 1. The van der Waals surface area contributed by atoms with Gasteiger partial charge in [0.1, 0.15) is 11.8 Å². The van der Waals surface area contributed by atoms with E-state index in [1.807, 2.05) is 0 Å². The maximum absolute atomic E-state index is 13.3. The van der Waals surface area contributed by atoms with E-state index in [-0.39, 0.29) is 5.56 Å². The van der Waals surface area contributed by atoms with Crippen LogP contribution in [0.4, 0.5) is 22.0 Å². The Bertz CT molecular complexity index is 653. The van der Waals surface area contributed by atoms with Gasteiger partial charge in [0.25, 0.3) is 0 Å². The molecule has 0 radical (unpaired) electrons. The van der Waals surface area contributed by atoms with Crippen LogP contribution in [0.15, 0.2) is 36.4 Å². The van der Waals surface area contributed by atoms with Gasteiger partial charge in [-0.25, -0.2) is 0 Å². The average Bonchev–Trinajstić information content (AvgIpc) is 2.44. The molecule has 2 nitrogen and oxygen atoms in total. The van der Waals surface area contributed by atoms with Crippen molar-refractivity contribution >= 4 is 10.8 Å². The maximum Gasteiger partial charge on any atom is 0.455 e. The van der Waals surface area contributed by atoms with Crippen LogP contribution in [0.2, 0.25) is 0 Å². The monoisotopic (exact) mass is 305 g/mol. The fourth-order valence-electron chi connectivity index (χ4n) is 1.95. The zero-order valence-electron chi connectivity index (χ0n) is 10.9. The number of benzene rings is 2. The molecule has 21 heavy (non-hydrogen) atoms. The van der Waals surface area contributed by atoms with E-state index in [9.17, 15) is 22.0 Å². The van der Waals surface area contributed by atoms with Gasteiger partial charge in [0.2, 0.25) is 0 Å². The van der Waals surface area contributed by atoms with Gasteiger partial charge < -0.3 is 10.5 Å². The lowest BCUT2D eigenvalue weighted by atomic mass is 9.98. The standard InChI is InChI=1S/C14H12F5NO/c1-21-11-5-4-8-6-10(3-2-9(8)7-11)12(20)13(15,16)14(17,18)19/h2-7,12H,20H2,1H3/t12-/m1/s1. The third-order valence-electron chi connectivity index (χ3n) is 3.20. The summed E-state index contributed by atoms with van der Waals surface area (Å²) in [6, 6.07) is 6.15. The van der Waals surface area contributed by atoms with Crippen LogP contribution in [0.3, 0.4) is 0 Å². The minimum absolute atomic E-state index is 0.282.